The van der Waals surface area contributed by atoms with Gasteiger partial charge in [-0.2, -0.15) is 8.78 Å². The number of carbonyl (C=O) groups is 2. The van der Waals surface area contributed by atoms with E-state index >= 15 is 0 Å². The number of rotatable bonds is 3. The molecule has 11 heavy (non-hydrogen) atoms. The Bertz CT molecular complexity index is 169. The molecule has 0 unspecified atom stereocenters. The molecule has 0 atom stereocenters. The van der Waals surface area contributed by atoms with Crippen molar-refractivity contribution in [2.45, 2.75) is 12.3 Å². The van der Waals surface area contributed by atoms with Gasteiger partial charge in [0.2, 0.25) is 0 Å². The summed E-state index contributed by atoms with van der Waals surface area (Å²) in [6, 6.07) is 0. The molecule has 0 saturated heterocycles. The van der Waals surface area contributed by atoms with Crippen molar-refractivity contribution in [3.8, 4) is 0 Å². The molecule has 0 bridgehead atoms. The Kier molecular flexibility index (Phi) is 6.55. The summed E-state index contributed by atoms with van der Waals surface area (Å²) in [7, 11) is 0. The Morgan fingerprint density at radius 3 is 1.73 bits per heavy atom. The minimum absolute atomic E-state index is 0. The van der Waals surface area contributed by atoms with Crippen LogP contribution in [-0.4, -0.2) is 79.5 Å². The van der Waals surface area contributed by atoms with E-state index < -0.39 is 24.3 Å². The van der Waals surface area contributed by atoms with E-state index in [1.165, 1.54) is 0 Å². The van der Waals surface area contributed by atoms with Crippen molar-refractivity contribution in [2.24, 2.45) is 0 Å². The van der Waals surface area contributed by atoms with Crippen LogP contribution in [0.15, 0.2) is 0 Å². The molecule has 0 fully saturated rings. The standard InChI is InChI=1S/C4H4F2O4.K.H/c5-4(6,3(9)10)1-2(7)8;;/h1H2,(H,7,8)(H,9,10);;. The van der Waals surface area contributed by atoms with Gasteiger partial charge in [-0.15, -0.1) is 0 Å². The molecule has 0 aromatic rings. The van der Waals surface area contributed by atoms with Crippen molar-refractivity contribution in [2.75, 3.05) is 0 Å². The SMILES string of the molecule is O=C(O)CC(F)(F)C(=O)O.[KH]. The monoisotopic (exact) mass is 194 g/mol. The van der Waals surface area contributed by atoms with Crippen LogP contribution in [0.4, 0.5) is 8.78 Å². The number of aliphatic carboxylic acids is 2. The number of carboxylic acid groups (broad SMARTS) is 2. The molecule has 0 amide bonds. The Balaban J connectivity index is 0. The Labute approximate surface area is 103 Å². The minimum atomic E-state index is -4.16. The normalized spacial score (nSPS) is 10.0. The van der Waals surface area contributed by atoms with Crippen LogP contribution < -0.4 is 0 Å². The van der Waals surface area contributed by atoms with Crippen LogP contribution in [0.1, 0.15) is 6.42 Å². The number of halogens is 2. The number of hydrogen-bond donors (Lipinski definition) is 2. The van der Waals surface area contributed by atoms with Gasteiger partial charge < -0.3 is 10.2 Å². The zero-order valence-corrected chi connectivity index (χ0v) is 4.67. The molecule has 0 aromatic heterocycles. The molecule has 0 rings (SSSR count). The van der Waals surface area contributed by atoms with Gasteiger partial charge in [-0.1, -0.05) is 0 Å². The summed E-state index contributed by atoms with van der Waals surface area (Å²) in [5, 5.41) is 15.4. The molecule has 60 valence electrons. The second-order valence-electron chi connectivity index (χ2n) is 1.58. The second-order valence-corrected chi connectivity index (χ2v) is 1.58. The van der Waals surface area contributed by atoms with E-state index in [1.54, 1.807) is 0 Å². The topological polar surface area (TPSA) is 74.6 Å². The molecular formula is C4H5F2KO4. The van der Waals surface area contributed by atoms with E-state index in [4.69, 9.17) is 10.2 Å². The Morgan fingerprint density at radius 1 is 1.27 bits per heavy atom. The summed E-state index contributed by atoms with van der Waals surface area (Å²) in [6.45, 7) is 0. The third-order valence-electron chi connectivity index (χ3n) is 0.686. The molecule has 0 aliphatic heterocycles. The van der Waals surface area contributed by atoms with Gasteiger partial charge in [0.05, 0.1) is 0 Å². The van der Waals surface area contributed by atoms with Crippen molar-refractivity contribution in [3.63, 3.8) is 0 Å². The van der Waals surface area contributed by atoms with Crippen molar-refractivity contribution < 1.29 is 28.6 Å². The van der Waals surface area contributed by atoms with Crippen LogP contribution in [-0.2, 0) is 9.59 Å². The summed E-state index contributed by atoms with van der Waals surface area (Å²) in [5.41, 5.74) is 0. The van der Waals surface area contributed by atoms with Gasteiger partial charge in [0, 0.05) is 0 Å². The quantitative estimate of drug-likeness (QED) is 0.596. The van der Waals surface area contributed by atoms with Crippen molar-refractivity contribution in [1.82, 2.24) is 0 Å². The summed E-state index contributed by atoms with van der Waals surface area (Å²) in [6.07, 6.45) is -1.68. The molecule has 0 heterocycles. The average Bonchev–Trinajstić information content (AvgIpc) is 1.60. The predicted octanol–water partition coefficient (Wildman–Crippen LogP) is -0.467. The molecule has 0 radical (unpaired) electrons. The summed E-state index contributed by atoms with van der Waals surface area (Å²) in [5.74, 6) is -8.42. The number of carboxylic acids is 2. The summed E-state index contributed by atoms with van der Waals surface area (Å²) >= 11 is 0. The molecule has 0 spiro atoms. The Hall–Kier alpha value is 0.436. The van der Waals surface area contributed by atoms with Gasteiger partial charge in [-0.05, 0) is 0 Å². The van der Waals surface area contributed by atoms with Gasteiger partial charge in [0.15, 0.2) is 0 Å². The van der Waals surface area contributed by atoms with Gasteiger partial charge in [0.25, 0.3) is 0 Å². The molecular weight excluding hydrogens is 189 g/mol. The van der Waals surface area contributed by atoms with E-state index in [1.807, 2.05) is 0 Å². The van der Waals surface area contributed by atoms with Gasteiger partial charge in [0.1, 0.15) is 6.42 Å². The van der Waals surface area contributed by atoms with Crippen molar-refractivity contribution in [3.05, 3.63) is 0 Å². The van der Waals surface area contributed by atoms with Gasteiger partial charge >= 0.3 is 69.2 Å². The second kappa shape index (κ2) is 5.15. The molecule has 0 aromatic carbocycles. The van der Waals surface area contributed by atoms with Gasteiger partial charge in [-0.3, -0.25) is 4.79 Å². The van der Waals surface area contributed by atoms with Crippen LogP contribution in [0.25, 0.3) is 0 Å². The van der Waals surface area contributed by atoms with E-state index in [0.29, 0.717) is 0 Å². The number of hydrogen-bond acceptors (Lipinski definition) is 2. The van der Waals surface area contributed by atoms with Crippen LogP contribution in [0.3, 0.4) is 0 Å². The van der Waals surface area contributed by atoms with E-state index in [0.717, 1.165) is 0 Å². The molecule has 4 nitrogen and oxygen atoms in total. The fourth-order valence-electron chi connectivity index (χ4n) is 0.266. The maximum atomic E-state index is 11.8. The van der Waals surface area contributed by atoms with Crippen LogP contribution in [0.5, 0.6) is 0 Å². The van der Waals surface area contributed by atoms with Crippen LogP contribution in [0, 0.1) is 0 Å². The average molecular weight is 194 g/mol. The maximum absolute atomic E-state index is 11.8. The first-order valence-electron chi connectivity index (χ1n) is 2.19. The van der Waals surface area contributed by atoms with E-state index in [9.17, 15) is 18.4 Å². The van der Waals surface area contributed by atoms with Crippen LogP contribution in [0.2, 0.25) is 0 Å². The summed E-state index contributed by atoms with van der Waals surface area (Å²) < 4.78 is 23.6. The van der Waals surface area contributed by atoms with E-state index in [-0.39, 0.29) is 51.4 Å². The van der Waals surface area contributed by atoms with Crippen LogP contribution >= 0.6 is 0 Å². The fraction of sp³-hybridized carbons (Fsp3) is 0.500. The third kappa shape index (κ3) is 5.68. The van der Waals surface area contributed by atoms with Gasteiger partial charge in [-0.25, -0.2) is 4.79 Å². The van der Waals surface area contributed by atoms with Crippen molar-refractivity contribution in [1.29, 1.82) is 0 Å². The predicted molar refractivity (Wildman–Crippen MR) is 32.0 cm³/mol. The first-order valence-corrected chi connectivity index (χ1v) is 2.19. The zero-order valence-electron chi connectivity index (χ0n) is 4.67. The molecule has 0 saturated carbocycles. The first kappa shape index (κ1) is 14.0. The Morgan fingerprint density at radius 2 is 1.64 bits per heavy atom. The fourth-order valence-corrected chi connectivity index (χ4v) is 0.266. The molecule has 0 aliphatic rings. The molecule has 7 heteroatoms. The molecule has 2 N–H and O–H groups in total. The van der Waals surface area contributed by atoms with E-state index in [2.05, 4.69) is 0 Å². The first-order chi connectivity index (χ1) is 4.36. The van der Waals surface area contributed by atoms with Crippen molar-refractivity contribution >= 4 is 63.3 Å². The summed E-state index contributed by atoms with van der Waals surface area (Å²) in [4.78, 5) is 19.1. The zero-order chi connectivity index (χ0) is 8.36. The third-order valence-corrected chi connectivity index (χ3v) is 0.686. The molecule has 0 aliphatic carbocycles. The number of alkyl halides is 2.